The highest BCUT2D eigenvalue weighted by Gasteiger charge is 2.25. The molecule has 0 bridgehead atoms. The molecule has 1 aliphatic carbocycles. The fourth-order valence-corrected chi connectivity index (χ4v) is 3.25. The second-order valence-corrected chi connectivity index (χ2v) is 5.94. The summed E-state index contributed by atoms with van der Waals surface area (Å²) in [6, 6.07) is 0.482. The Bertz CT molecular complexity index is 445. The highest BCUT2D eigenvalue weighted by molar-refractivity contribution is 5.25. The van der Waals surface area contributed by atoms with Gasteiger partial charge < -0.3 is 14.8 Å². The van der Waals surface area contributed by atoms with Gasteiger partial charge in [0.05, 0.1) is 24.4 Å². The zero-order valence-electron chi connectivity index (χ0n) is 13.8. The van der Waals surface area contributed by atoms with Crippen LogP contribution in [0, 0.1) is 13.8 Å². The number of ether oxygens (including phenoxy) is 2. The highest BCUT2D eigenvalue weighted by atomic mass is 16.5. The largest absolute Gasteiger partial charge is 0.383 e. The first-order valence-electron chi connectivity index (χ1n) is 7.94. The Kier molecular flexibility index (Phi) is 6.21. The Labute approximate surface area is 128 Å². The number of hydrogen-bond donors (Lipinski definition) is 1. The van der Waals surface area contributed by atoms with Crippen LogP contribution in [0.5, 0.6) is 0 Å². The average molecular weight is 295 g/mol. The Hall–Kier alpha value is -0.910. The monoisotopic (exact) mass is 295 g/mol. The number of nitrogens with zero attached hydrogens (tertiary/aromatic N) is 2. The van der Waals surface area contributed by atoms with Gasteiger partial charge in [-0.05, 0) is 39.5 Å². The van der Waals surface area contributed by atoms with Crippen molar-refractivity contribution >= 4 is 0 Å². The normalized spacial score (nSPS) is 22.7. The summed E-state index contributed by atoms with van der Waals surface area (Å²) < 4.78 is 12.8. The first kappa shape index (κ1) is 16.5. The maximum atomic E-state index is 5.54. The van der Waals surface area contributed by atoms with Gasteiger partial charge in [-0.2, -0.15) is 5.10 Å². The molecule has 2 rings (SSSR count). The molecule has 1 heterocycles. The predicted octanol–water partition coefficient (Wildman–Crippen LogP) is 2.37. The molecule has 2 unspecified atom stereocenters. The molecular formula is C16H29N3O2. The Balaban J connectivity index is 2.03. The minimum Gasteiger partial charge on any atom is -0.383 e. The van der Waals surface area contributed by atoms with E-state index < -0.39 is 0 Å². The molecule has 1 aromatic rings. The number of hydrogen-bond acceptors (Lipinski definition) is 4. The number of aromatic nitrogens is 2. The maximum absolute atomic E-state index is 5.54. The number of aryl methyl sites for hydroxylation is 1. The van der Waals surface area contributed by atoms with E-state index in [1.54, 1.807) is 7.11 Å². The van der Waals surface area contributed by atoms with Crippen LogP contribution in [0.25, 0.3) is 0 Å². The van der Waals surface area contributed by atoms with Crippen molar-refractivity contribution in [3.63, 3.8) is 0 Å². The molecule has 120 valence electrons. The van der Waals surface area contributed by atoms with Crippen molar-refractivity contribution < 1.29 is 9.47 Å². The number of methoxy groups -OCH3 is 2. The lowest BCUT2D eigenvalue weighted by Gasteiger charge is -2.29. The molecular weight excluding hydrogens is 266 g/mol. The summed E-state index contributed by atoms with van der Waals surface area (Å²) in [5, 5.41) is 8.21. The van der Waals surface area contributed by atoms with Crippen LogP contribution in [0.2, 0.25) is 0 Å². The van der Waals surface area contributed by atoms with Crippen LogP contribution in [-0.2, 0) is 16.0 Å². The molecule has 0 aliphatic heterocycles. The Morgan fingerprint density at radius 2 is 2.10 bits per heavy atom. The zero-order chi connectivity index (χ0) is 15.2. The van der Waals surface area contributed by atoms with Crippen LogP contribution >= 0.6 is 0 Å². The minimum atomic E-state index is 0.385. The van der Waals surface area contributed by atoms with E-state index in [2.05, 4.69) is 23.8 Å². The van der Waals surface area contributed by atoms with Gasteiger partial charge in [-0.1, -0.05) is 0 Å². The lowest BCUT2D eigenvalue weighted by atomic mass is 9.93. The van der Waals surface area contributed by atoms with Crippen molar-refractivity contribution in [3.05, 3.63) is 17.0 Å². The van der Waals surface area contributed by atoms with Crippen LogP contribution in [-0.4, -0.2) is 43.3 Å². The summed E-state index contributed by atoms with van der Waals surface area (Å²) in [7, 11) is 3.55. The zero-order valence-corrected chi connectivity index (χ0v) is 13.8. The summed E-state index contributed by atoms with van der Waals surface area (Å²) in [5.41, 5.74) is 3.75. The molecule has 1 saturated carbocycles. The van der Waals surface area contributed by atoms with Gasteiger partial charge in [0.15, 0.2) is 0 Å². The van der Waals surface area contributed by atoms with E-state index in [9.17, 15) is 0 Å². The number of nitrogens with one attached hydrogen (secondary N) is 1. The van der Waals surface area contributed by atoms with E-state index in [-0.39, 0.29) is 0 Å². The van der Waals surface area contributed by atoms with Crippen molar-refractivity contribution in [1.29, 1.82) is 0 Å². The molecule has 1 aliphatic rings. The SMILES string of the molecule is COCCNCc1c(C)nn(C2CCCC(OC)C2)c1C. The third-order valence-electron chi connectivity index (χ3n) is 4.54. The van der Waals surface area contributed by atoms with Gasteiger partial charge in [0, 0.05) is 38.6 Å². The van der Waals surface area contributed by atoms with Crippen molar-refractivity contribution in [2.75, 3.05) is 27.4 Å². The van der Waals surface area contributed by atoms with Gasteiger partial charge >= 0.3 is 0 Å². The third-order valence-corrected chi connectivity index (χ3v) is 4.54. The van der Waals surface area contributed by atoms with Crippen molar-refractivity contribution in [1.82, 2.24) is 15.1 Å². The standard InChI is InChI=1S/C16H29N3O2/c1-12-16(11-17-8-9-20-3)13(2)19(18-12)14-6-5-7-15(10-14)21-4/h14-15,17H,5-11H2,1-4H3. The minimum absolute atomic E-state index is 0.385. The van der Waals surface area contributed by atoms with Gasteiger partial charge in [0.2, 0.25) is 0 Å². The Morgan fingerprint density at radius 1 is 1.29 bits per heavy atom. The quantitative estimate of drug-likeness (QED) is 0.785. The van der Waals surface area contributed by atoms with Crippen LogP contribution in [0.1, 0.15) is 48.7 Å². The van der Waals surface area contributed by atoms with Crippen molar-refractivity contribution in [2.45, 2.75) is 58.2 Å². The average Bonchev–Trinajstić information content (AvgIpc) is 2.79. The molecule has 5 nitrogen and oxygen atoms in total. The lowest BCUT2D eigenvalue weighted by molar-refractivity contribution is 0.0503. The topological polar surface area (TPSA) is 48.3 Å². The first-order valence-corrected chi connectivity index (χ1v) is 7.94. The molecule has 0 aromatic carbocycles. The molecule has 0 spiro atoms. The Morgan fingerprint density at radius 3 is 2.81 bits per heavy atom. The van der Waals surface area contributed by atoms with Crippen LogP contribution in [0.4, 0.5) is 0 Å². The molecule has 2 atom stereocenters. The molecule has 1 N–H and O–H groups in total. The highest BCUT2D eigenvalue weighted by Crippen LogP contribution is 2.31. The summed E-state index contributed by atoms with van der Waals surface area (Å²) >= 11 is 0. The van der Waals surface area contributed by atoms with Crippen LogP contribution in [0.15, 0.2) is 0 Å². The summed E-state index contributed by atoms with van der Waals surface area (Å²) in [4.78, 5) is 0. The molecule has 0 radical (unpaired) electrons. The van der Waals surface area contributed by atoms with E-state index in [4.69, 9.17) is 14.6 Å². The van der Waals surface area contributed by atoms with E-state index in [1.807, 2.05) is 7.11 Å². The van der Waals surface area contributed by atoms with Crippen LogP contribution in [0.3, 0.4) is 0 Å². The van der Waals surface area contributed by atoms with Gasteiger partial charge in [-0.15, -0.1) is 0 Å². The van der Waals surface area contributed by atoms with Gasteiger partial charge in [0.1, 0.15) is 0 Å². The summed E-state index contributed by atoms with van der Waals surface area (Å²) in [6.45, 7) is 6.76. The van der Waals surface area contributed by atoms with Gasteiger partial charge in [0.25, 0.3) is 0 Å². The third kappa shape index (κ3) is 4.05. The van der Waals surface area contributed by atoms with E-state index in [0.717, 1.165) is 31.8 Å². The molecule has 0 saturated heterocycles. The summed E-state index contributed by atoms with van der Waals surface area (Å²) in [5.74, 6) is 0. The van der Waals surface area contributed by atoms with Gasteiger partial charge in [-0.25, -0.2) is 0 Å². The van der Waals surface area contributed by atoms with E-state index in [0.29, 0.717) is 12.1 Å². The predicted molar refractivity (Wildman–Crippen MR) is 83.6 cm³/mol. The van der Waals surface area contributed by atoms with Gasteiger partial charge in [-0.3, -0.25) is 4.68 Å². The molecule has 5 heteroatoms. The van der Waals surface area contributed by atoms with Crippen LogP contribution < -0.4 is 5.32 Å². The van der Waals surface area contributed by atoms with E-state index in [1.165, 1.54) is 30.5 Å². The van der Waals surface area contributed by atoms with E-state index >= 15 is 0 Å². The number of rotatable bonds is 7. The first-order chi connectivity index (χ1) is 10.2. The van der Waals surface area contributed by atoms with Crippen molar-refractivity contribution in [3.8, 4) is 0 Å². The fraction of sp³-hybridized carbons (Fsp3) is 0.812. The molecule has 1 fully saturated rings. The second kappa shape index (κ2) is 7.92. The lowest BCUT2D eigenvalue weighted by Crippen LogP contribution is -2.25. The second-order valence-electron chi connectivity index (χ2n) is 5.94. The fourth-order valence-electron chi connectivity index (χ4n) is 3.25. The van der Waals surface area contributed by atoms with Crippen molar-refractivity contribution in [2.24, 2.45) is 0 Å². The molecule has 0 amide bonds. The maximum Gasteiger partial charge on any atom is 0.0641 e. The molecule has 21 heavy (non-hydrogen) atoms. The molecule has 1 aromatic heterocycles. The smallest absolute Gasteiger partial charge is 0.0641 e. The summed E-state index contributed by atoms with van der Waals surface area (Å²) in [6.07, 6.45) is 5.07.